The molecule has 0 nitrogen and oxygen atoms in total. The van der Waals surface area contributed by atoms with Gasteiger partial charge in [0.05, 0.1) is 0 Å². The number of fused-ring (bicyclic) bond motifs is 3. The zero-order valence-corrected chi connectivity index (χ0v) is 30.7. The molecule has 0 N–H and O–H groups in total. The fraction of sp³-hybridized carbons (Fsp3) is 0.279. The predicted octanol–water partition coefficient (Wildman–Crippen LogP) is 11.4. The number of benzene rings is 4. The van der Waals surface area contributed by atoms with E-state index in [1.807, 2.05) is 48.6 Å². The second kappa shape index (κ2) is 18.0. The molecule has 6 rings (SSSR count). The predicted molar refractivity (Wildman–Crippen MR) is 191 cm³/mol. The van der Waals surface area contributed by atoms with Crippen molar-refractivity contribution in [1.29, 1.82) is 0 Å². The van der Waals surface area contributed by atoms with Crippen LogP contribution in [0.4, 0.5) is 0 Å². The third-order valence-electron chi connectivity index (χ3n) is 7.31. The van der Waals surface area contributed by atoms with E-state index < -0.39 is 0 Å². The van der Waals surface area contributed by atoms with Crippen LogP contribution in [0.3, 0.4) is 0 Å². The molecule has 44 heavy (non-hydrogen) atoms. The van der Waals surface area contributed by atoms with Crippen molar-refractivity contribution in [3.63, 3.8) is 0 Å². The number of rotatable bonds is 1. The molecule has 0 unspecified atom stereocenters. The molecule has 1 heteroatoms. The zero-order valence-electron chi connectivity index (χ0n) is 28.2. The topological polar surface area (TPSA) is 0 Å². The van der Waals surface area contributed by atoms with Crippen LogP contribution < -0.4 is 0 Å². The molecule has 0 saturated carbocycles. The summed E-state index contributed by atoms with van der Waals surface area (Å²) in [6.45, 7) is 21.6. The Bertz CT molecular complexity index is 1390. The first-order valence-electron chi connectivity index (χ1n) is 15.3. The maximum atomic E-state index is 3.72. The first-order chi connectivity index (χ1) is 20.9. The Morgan fingerprint density at radius 1 is 0.750 bits per heavy atom. The van der Waals surface area contributed by atoms with Gasteiger partial charge in [-0.3, -0.25) is 6.08 Å². The van der Waals surface area contributed by atoms with Gasteiger partial charge in [0.25, 0.3) is 0 Å². The van der Waals surface area contributed by atoms with Crippen molar-refractivity contribution in [2.24, 2.45) is 0 Å². The molecule has 0 bridgehead atoms. The molecular formula is C43H50Zr-4. The van der Waals surface area contributed by atoms with E-state index in [9.17, 15) is 0 Å². The van der Waals surface area contributed by atoms with Crippen LogP contribution in [0.25, 0.3) is 11.1 Å². The summed E-state index contributed by atoms with van der Waals surface area (Å²) in [6.07, 6.45) is 11.0. The molecule has 230 valence electrons. The summed E-state index contributed by atoms with van der Waals surface area (Å²) >= 11 is 1.30. The van der Waals surface area contributed by atoms with Gasteiger partial charge >= 0.3 is 28.4 Å². The summed E-state index contributed by atoms with van der Waals surface area (Å²) in [4.78, 5) is 0. The Morgan fingerprint density at radius 2 is 1.32 bits per heavy atom. The minimum absolute atomic E-state index is 0.177. The van der Waals surface area contributed by atoms with Gasteiger partial charge in [0.2, 0.25) is 0 Å². The fourth-order valence-electron chi connectivity index (χ4n) is 4.57. The minimum atomic E-state index is 0.177. The van der Waals surface area contributed by atoms with Crippen LogP contribution in [0.1, 0.15) is 95.2 Å². The molecule has 0 fully saturated rings. The van der Waals surface area contributed by atoms with E-state index in [-0.39, 0.29) is 10.8 Å². The fourth-order valence-corrected chi connectivity index (χ4v) is 4.57. The summed E-state index contributed by atoms with van der Waals surface area (Å²) in [6, 6.07) is 35.3. The number of allylic oxidation sites excluding steroid dienone is 4. The molecule has 0 amide bonds. The molecule has 0 atom stereocenters. The summed E-state index contributed by atoms with van der Waals surface area (Å²) in [5, 5.41) is 0. The van der Waals surface area contributed by atoms with Crippen molar-refractivity contribution in [1.82, 2.24) is 0 Å². The van der Waals surface area contributed by atoms with Gasteiger partial charge in [-0.05, 0) is 17.4 Å². The molecule has 0 aromatic heterocycles. The van der Waals surface area contributed by atoms with E-state index in [2.05, 4.69) is 139 Å². The Kier molecular flexibility index (Phi) is 15.1. The van der Waals surface area contributed by atoms with Gasteiger partial charge in [-0.1, -0.05) is 102 Å². The van der Waals surface area contributed by atoms with E-state index in [0.717, 1.165) is 18.4 Å². The number of hydrogen-bond donors (Lipinski definition) is 0. The molecule has 0 heterocycles. The standard InChI is InChI=1S/C21H25.C9H11.C7H7.C5H5.CH2.Zr/c1-20(2,3)16-9-7-14-11-15-8-10-17(21(4,5)6)13-19(15)18(14)12-16;1-8(2)9-6-4-3-5-7-9;1-7-5-3-2-4-6-7;1-2-4-5-3-1;;/h7,9-10,12-13H,11H2,1-6H3;3-7H,1-2H3;2-6H,1H2;1-3H,4H2;1H2;/q4*-1;;. The van der Waals surface area contributed by atoms with E-state index >= 15 is 0 Å². The third kappa shape index (κ3) is 12.1. The maximum absolute atomic E-state index is 3.72. The van der Waals surface area contributed by atoms with Crippen molar-refractivity contribution in [3.05, 3.63) is 168 Å². The van der Waals surface area contributed by atoms with Crippen LogP contribution in [0.2, 0.25) is 0 Å². The summed E-state index contributed by atoms with van der Waals surface area (Å²) in [5.41, 5.74) is 11.2. The van der Waals surface area contributed by atoms with Crippen LogP contribution in [0, 0.1) is 25.0 Å². The molecule has 0 saturated heterocycles. The van der Waals surface area contributed by atoms with Gasteiger partial charge in [-0.2, -0.15) is 83.6 Å². The SMILES string of the molecule is CC(C)(C)c1c[c-]c2c(c1)-c1cc(C(C)(C)C)ccc1C2.C[C-](C)c1ccccc1.[C-]1=CC=CC1.[CH2-]c1ccccc1.[CH2]=[Zr]. The average Bonchev–Trinajstić information content (AvgIpc) is 3.70. The van der Waals surface area contributed by atoms with Crippen LogP contribution in [0.15, 0.2) is 109 Å². The first-order valence-corrected chi connectivity index (χ1v) is 17.1. The third-order valence-corrected chi connectivity index (χ3v) is 7.31. The van der Waals surface area contributed by atoms with Gasteiger partial charge < -0.3 is 0 Å². The van der Waals surface area contributed by atoms with Crippen molar-refractivity contribution in [2.45, 2.75) is 79.1 Å². The molecule has 2 aliphatic carbocycles. The van der Waals surface area contributed by atoms with Crippen molar-refractivity contribution < 1.29 is 24.2 Å². The quantitative estimate of drug-likeness (QED) is 0.157. The second-order valence-electron chi connectivity index (χ2n) is 13.2. The second-order valence-corrected chi connectivity index (χ2v) is 13.2. The van der Waals surface area contributed by atoms with Gasteiger partial charge in [-0.25, -0.2) is 12.2 Å². The first kappa shape index (κ1) is 37.0. The Balaban J connectivity index is 0.000000240. The monoisotopic (exact) mass is 656 g/mol. The van der Waals surface area contributed by atoms with Crippen LogP contribution >= 0.6 is 0 Å². The van der Waals surface area contributed by atoms with Gasteiger partial charge in [-0.15, -0.1) is 36.2 Å². The normalized spacial score (nSPS) is 12.0. The van der Waals surface area contributed by atoms with Gasteiger partial charge in [0.1, 0.15) is 0 Å². The number of hydrogen-bond acceptors (Lipinski definition) is 0. The average molecular weight is 658 g/mol. The van der Waals surface area contributed by atoms with Crippen LogP contribution in [-0.2, 0) is 41.5 Å². The van der Waals surface area contributed by atoms with Crippen LogP contribution in [0.5, 0.6) is 0 Å². The zero-order chi connectivity index (χ0) is 32.8. The summed E-state index contributed by atoms with van der Waals surface area (Å²) in [5.74, 6) is 1.37. The van der Waals surface area contributed by atoms with Crippen LogP contribution in [-0.4, -0.2) is 4.21 Å². The molecule has 0 aliphatic heterocycles. The van der Waals surface area contributed by atoms with Crippen molar-refractivity contribution >= 4 is 4.21 Å². The molecule has 2 aliphatic rings. The summed E-state index contributed by atoms with van der Waals surface area (Å²) in [7, 11) is 0. The van der Waals surface area contributed by atoms with Crippen molar-refractivity contribution in [3.8, 4) is 11.1 Å². The van der Waals surface area contributed by atoms with Crippen molar-refractivity contribution in [2.75, 3.05) is 0 Å². The van der Waals surface area contributed by atoms with E-state index in [0.29, 0.717) is 0 Å². The molecule has 4 aromatic carbocycles. The Labute approximate surface area is 284 Å². The molecule has 0 spiro atoms. The molecular weight excluding hydrogens is 608 g/mol. The summed E-state index contributed by atoms with van der Waals surface area (Å²) < 4.78 is 3.34. The molecule has 4 aromatic rings. The van der Waals surface area contributed by atoms with E-state index in [1.165, 1.54) is 69.1 Å². The molecule has 0 radical (unpaired) electrons. The Hall–Kier alpha value is -3.15. The Morgan fingerprint density at radius 3 is 1.73 bits per heavy atom. The van der Waals surface area contributed by atoms with E-state index in [4.69, 9.17) is 0 Å². The van der Waals surface area contributed by atoms with Gasteiger partial charge in [0, 0.05) is 0 Å². The van der Waals surface area contributed by atoms with Gasteiger partial charge in [0.15, 0.2) is 0 Å². The van der Waals surface area contributed by atoms with E-state index in [1.54, 1.807) is 0 Å².